The van der Waals surface area contributed by atoms with Gasteiger partial charge in [-0.3, -0.25) is 10.3 Å². The molecule has 0 amide bonds. The molecule has 0 atom stereocenters. The van der Waals surface area contributed by atoms with E-state index in [0.29, 0.717) is 11.4 Å². The molecule has 0 spiro atoms. The number of tetrazole rings is 2. The third-order valence-electron chi connectivity index (χ3n) is 2.57. The van der Waals surface area contributed by atoms with Gasteiger partial charge in [-0.25, -0.2) is 0 Å². The molecule has 0 N–H and O–H groups in total. The van der Waals surface area contributed by atoms with Crippen molar-refractivity contribution in [3.63, 3.8) is 0 Å². The number of benzene rings is 1. The van der Waals surface area contributed by atoms with Crippen LogP contribution in [-0.2, 0) is 12.7 Å². The third kappa shape index (κ3) is 2.85. The summed E-state index contributed by atoms with van der Waals surface area (Å²) in [5, 5.41) is 25.4. The highest BCUT2D eigenvalue weighted by Gasteiger charge is 2.30. The first-order valence-electron chi connectivity index (χ1n) is 5.65. The van der Waals surface area contributed by atoms with E-state index < -0.39 is 11.7 Å². The van der Waals surface area contributed by atoms with Crippen molar-refractivity contribution >= 4 is 0 Å². The van der Waals surface area contributed by atoms with Crippen LogP contribution in [0.5, 0.6) is 0 Å². The van der Waals surface area contributed by atoms with Crippen molar-refractivity contribution in [2.45, 2.75) is 12.7 Å². The van der Waals surface area contributed by atoms with Gasteiger partial charge in [-0.2, -0.15) is 23.2 Å². The zero-order chi connectivity index (χ0) is 14.9. The van der Waals surface area contributed by atoms with Gasteiger partial charge in [-0.05, 0) is 17.3 Å². The van der Waals surface area contributed by atoms with Crippen molar-refractivity contribution < 1.29 is 13.2 Å². The Labute approximate surface area is 115 Å². The van der Waals surface area contributed by atoms with Crippen LogP contribution in [0.15, 0.2) is 24.3 Å². The monoisotopic (exact) mass is 295 g/mol. The summed E-state index contributed by atoms with van der Waals surface area (Å²) in [6.07, 6.45) is -4.38. The van der Waals surface area contributed by atoms with Gasteiger partial charge in [0.1, 0.15) is 0 Å². The van der Waals surface area contributed by atoms with Crippen molar-refractivity contribution in [1.29, 1.82) is 0 Å². The fourth-order valence-corrected chi connectivity index (χ4v) is 1.59. The van der Waals surface area contributed by atoms with Crippen LogP contribution in [0, 0.1) is 0 Å². The van der Waals surface area contributed by atoms with Crippen molar-refractivity contribution in [1.82, 2.24) is 40.8 Å². The second-order valence-corrected chi connectivity index (χ2v) is 4.01. The Hall–Kier alpha value is -2.85. The number of alkyl halides is 3. The molecule has 2 aromatic heterocycles. The topological polar surface area (TPSA) is 96.4 Å². The zero-order valence-electron chi connectivity index (χ0n) is 10.2. The SMILES string of the molecule is FC(F)(F)c1ccc(-c2nnn(Cc3nnn[n-]3)n2)cc1. The summed E-state index contributed by atoms with van der Waals surface area (Å²) in [5.41, 5.74) is -0.310. The lowest BCUT2D eigenvalue weighted by Gasteiger charge is -2.05. The van der Waals surface area contributed by atoms with E-state index in [1.54, 1.807) is 0 Å². The zero-order valence-corrected chi connectivity index (χ0v) is 10.2. The highest BCUT2D eigenvalue weighted by atomic mass is 19.4. The Morgan fingerprint density at radius 3 is 2.48 bits per heavy atom. The Balaban J connectivity index is 1.80. The molecule has 0 unspecified atom stereocenters. The molecular weight excluding hydrogens is 289 g/mol. The highest BCUT2D eigenvalue weighted by Crippen LogP contribution is 2.30. The van der Waals surface area contributed by atoms with E-state index in [4.69, 9.17) is 0 Å². The van der Waals surface area contributed by atoms with E-state index in [9.17, 15) is 13.2 Å². The molecular formula is C10H6F3N8-. The number of rotatable bonds is 3. The summed E-state index contributed by atoms with van der Waals surface area (Å²) in [6, 6.07) is 4.49. The molecule has 3 rings (SSSR count). The minimum atomic E-state index is -4.38. The lowest BCUT2D eigenvalue weighted by atomic mass is 10.1. The summed E-state index contributed by atoms with van der Waals surface area (Å²) >= 11 is 0. The van der Waals surface area contributed by atoms with Crippen molar-refractivity contribution in [3.8, 4) is 11.4 Å². The van der Waals surface area contributed by atoms with E-state index in [-0.39, 0.29) is 12.4 Å². The minimum absolute atomic E-state index is 0.126. The van der Waals surface area contributed by atoms with Crippen LogP contribution in [0.4, 0.5) is 13.2 Å². The molecule has 8 nitrogen and oxygen atoms in total. The van der Waals surface area contributed by atoms with Gasteiger partial charge in [0.25, 0.3) is 0 Å². The van der Waals surface area contributed by atoms with Gasteiger partial charge >= 0.3 is 6.18 Å². The Kier molecular flexibility index (Phi) is 3.08. The number of nitrogens with zero attached hydrogens (tertiary/aromatic N) is 8. The summed E-state index contributed by atoms with van der Waals surface area (Å²) in [4.78, 5) is 1.20. The molecule has 1 aromatic carbocycles. The van der Waals surface area contributed by atoms with E-state index in [1.165, 1.54) is 16.9 Å². The molecule has 108 valence electrons. The predicted octanol–water partition coefficient (Wildman–Crippen LogP) is 0.549. The average molecular weight is 295 g/mol. The fraction of sp³-hybridized carbons (Fsp3) is 0.200. The van der Waals surface area contributed by atoms with Crippen LogP contribution < -0.4 is 5.10 Å². The second kappa shape index (κ2) is 4.92. The molecule has 0 aliphatic rings. The number of halogens is 3. The number of aromatic nitrogens is 8. The molecule has 0 aliphatic carbocycles. The van der Waals surface area contributed by atoms with Crippen molar-refractivity contribution in [3.05, 3.63) is 35.7 Å². The lowest BCUT2D eigenvalue weighted by Crippen LogP contribution is -2.06. The van der Waals surface area contributed by atoms with E-state index in [0.717, 1.165) is 12.1 Å². The molecule has 0 aliphatic heterocycles. The molecule has 0 bridgehead atoms. The van der Waals surface area contributed by atoms with Crippen LogP contribution >= 0.6 is 0 Å². The largest absolute Gasteiger partial charge is 0.416 e. The minimum Gasteiger partial charge on any atom is -0.333 e. The molecule has 0 fully saturated rings. The maximum Gasteiger partial charge on any atom is 0.416 e. The first-order valence-corrected chi connectivity index (χ1v) is 5.65. The third-order valence-corrected chi connectivity index (χ3v) is 2.57. The second-order valence-electron chi connectivity index (χ2n) is 4.01. The number of hydrogen-bond acceptors (Lipinski definition) is 6. The maximum atomic E-state index is 12.5. The van der Waals surface area contributed by atoms with Gasteiger partial charge < -0.3 is 5.10 Å². The van der Waals surface area contributed by atoms with Crippen molar-refractivity contribution in [2.24, 2.45) is 0 Å². The van der Waals surface area contributed by atoms with Gasteiger partial charge in [-0.1, -0.05) is 12.1 Å². The Morgan fingerprint density at radius 1 is 1.10 bits per heavy atom. The number of hydrogen-bond donors (Lipinski definition) is 0. The molecule has 2 heterocycles. The van der Waals surface area contributed by atoms with Gasteiger partial charge in [-0.15, -0.1) is 10.2 Å². The summed E-state index contributed by atoms with van der Waals surface area (Å²) in [7, 11) is 0. The van der Waals surface area contributed by atoms with Crippen LogP contribution in [-0.4, -0.2) is 35.7 Å². The van der Waals surface area contributed by atoms with Crippen LogP contribution in [0.25, 0.3) is 11.4 Å². The molecule has 21 heavy (non-hydrogen) atoms. The van der Waals surface area contributed by atoms with E-state index in [1.807, 2.05) is 0 Å². The van der Waals surface area contributed by atoms with E-state index in [2.05, 4.69) is 36.0 Å². The smallest absolute Gasteiger partial charge is 0.333 e. The van der Waals surface area contributed by atoms with Crippen LogP contribution in [0.3, 0.4) is 0 Å². The quantitative estimate of drug-likeness (QED) is 0.696. The summed E-state index contributed by atoms with van der Waals surface area (Å²) in [5.74, 6) is 0.516. The van der Waals surface area contributed by atoms with Crippen molar-refractivity contribution in [2.75, 3.05) is 0 Å². The highest BCUT2D eigenvalue weighted by molar-refractivity contribution is 5.54. The first kappa shape index (κ1) is 13.1. The lowest BCUT2D eigenvalue weighted by molar-refractivity contribution is -0.137. The Bertz CT molecular complexity index is 716. The van der Waals surface area contributed by atoms with E-state index >= 15 is 0 Å². The molecule has 3 aromatic rings. The van der Waals surface area contributed by atoms with Crippen LogP contribution in [0.2, 0.25) is 0 Å². The maximum absolute atomic E-state index is 12.5. The fourth-order valence-electron chi connectivity index (χ4n) is 1.59. The standard InChI is InChI=1S/C10H6F3N8/c11-10(12,13)7-3-1-6(2-4-7)9-16-20-21(17-9)5-8-14-18-19-15-8/h1-4H,5H2/q-1. The summed E-state index contributed by atoms with van der Waals surface area (Å²) < 4.78 is 37.4. The van der Waals surface area contributed by atoms with Gasteiger partial charge in [0.05, 0.1) is 12.1 Å². The average Bonchev–Trinajstić information content (AvgIpc) is 3.10. The Morgan fingerprint density at radius 2 is 1.86 bits per heavy atom. The van der Waals surface area contributed by atoms with Gasteiger partial charge in [0, 0.05) is 11.4 Å². The molecule has 0 saturated heterocycles. The predicted molar refractivity (Wildman–Crippen MR) is 60.5 cm³/mol. The van der Waals surface area contributed by atoms with Gasteiger partial charge in [0.15, 0.2) is 0 Å². The molecule has 11 heteroatoms. The first-order chi connectivity index (χ1) is 10.0. The normalized spacial score (nSPS) is 11.8. The summed E-state index contributed by atoms with van der Waals surface area (Å²) in [6.45, 7) is 0.126. The van der Waals surface area contributed by atoms with Gasteiger partial charge in [0.2, 0.25) is 5.82 Å². The molecule has 0 radical (unpaired) electrons. The van der Waals surface area contributed by atoms with Crippen LogP contribution in [0.1, 0.15) is 11.4 Å². The molecule has 0 saturated carbocycles.